The smallest absolute Gasteiger partial charge is 0.249 e. The van der Waals surface area contributed by atoms with Gasteiger partial charge >= 0.3 is 0 Å². The summed E-state index contributed by atoms with van der Waals surface area (Å²) in [7, 11) is 0. The lowest BCUT2D eigenvalue weighted by molar-refractivity contribution is -0.303. The van der Waals surface area contributed by atoms with Crippen molar-refractivity contribution in [3.63, 3.8) is 0 Å². The fourth-order valence-electron chi connectivity index (χ4n) is 6.67. The Morgan fingerprint density at radius 2 is 1.04 bits per heavy atom. The summed E-state index contributed by atoms with van der Waals surface area (Å²) in [5.41, 5.74) is 0. The van der Waals surface area contributed by atoms with Crippen molar-refractivity contribution < 1.29 is 50.0 Å². The van der Waals surface area contributed by atoms with E-state index in [0.29, 0.717) is 19.3 Å². The predicted octanol–water partition coefficient (Wildman–Crippen LogP) is 5.16. The largest absolute Gasteiger partial charge is 0.394 e. The van der Waals surface area contributed by atoms with Gasteiger partial charge in [-0.1, -0.05) is 162 Å². The molecule has 1 aliphatic rings. The Morgan fingerprint density at radius 1 is 0.620 bits per heavy atom. The van der Waals surface area contributed by atoms with Crippen LogP contribution in [0.5, 0.6) is 0 Å². The first-order chi connectivity index (χ1) is 24.2. The number of hydrogen-bond donors (Lipinski definition) is 8. The summed E-state index contributed by atoms with van der Waals surface area (Å²) in [5.74, 6) is -0.702. The van der Waals surface area contributed by atoms with Gasteiger partial charge in [-0.05, 0) is 12.8 Å². The molecule has 0 aromatic rings. The van der Waals surface area contributed by atoms with E-state index in [1.54, 1.807) is 0 Å². The first-order valence-electron chi connectivity index (χ1n) is 20.4. The lowest BCUT2D eigenvalue weighted by Crippen LogP contribution is -2.60. The second-order valence-corrected chi connectivity index (χ2v) is 14.7. The first kappa shape index (κ1) is 47.1. The van der Waals surface area contributed by atoms with Crippen LogP contribution in [0.2, 0.25) is 0 Å². The van der Waals surface area contributed by atoms with E-state index >= 15 is 0 Å². The van der Waals surface area contributed by atoms with Crippen LogP contribution in [0.25, 0.3) is 0 Å². The highest BCUT2D eigenvalue weighted by atomic mass is 16.7. The van der Waals surface area contributed by atoms with Gasteiger partial charge in [-0.3, -0.25) is 4.79 Å². The van der Waals surface area contributed by atoms with Crippen molar-refractivity contribution in [3.8, 4) is 0 Å². The molecule has 0 aliphatic carbocycles. The molecular weight excluding hydrogens is 642 g/mol. The summed E-state index contributed by atoms with van der Waals surface area (Å²) < 4.78 is 11.0. The third kappa shape index (κ3) is 21.0. The maximum absolute atomic E-state index is 12.9. The monoisotopic (exact) mass is 720 g/mol. The van der Waals surface area contributed by atoms with E-state index in [-0.39, 0.29) is 6.42 Å². The molecule has 0 bridgehead atoms. The van der Waals surface area contributed by atoms with Gasteiger partial charge in [-0.2, -0.15) is 0 Å². The van der Waals surface area contributed by atoms with Gasteiger partial charge < -0.3 is 50.5 Å². The van der Waals surface area contributed by atoms with E-state index in [4.69, 9.17) is 9.47 Å². The third-order valence-corrected chi connectivity index (χ3v) is 10.2. The molecule has 298 valence electrons. The van der Waals surface area contributed by atoms with Gasteiger partial charge in [0.15, 0.2) is 6.29 Å². The Kier molecular flexibility index (Phi) is 28.8. The standard InChI is InChI=1S/C39H77NO10/c1-3-5-7-9-10-11-12-13-14-15-16-17-18-19-20-21-22-23-25-27-32(43)38(48)40-30(34(44)31(42)26-24-8-6-4-2)29-49-39-37(47)36(46)35(45)33(28-41)50-39/h30-37,39,41-47H,3-29H2,1-2H3,(H,40,48). The minimum absolute atomic E-state index is 0.265. The van der Waals surface area contributed by atoms with Crippen molar-refractivity contribution in [1.82, 2.24) is 5.32 Å². The molecule has 11 heteroatoms. The van der Waals surface area contributed by atoms with Crippen LogP contribution in [0, 0.1) is 0 Å². The van der Waals surface area contributed by atoms with E-state index in [2.05, 4.69) is 19.2 Å². The molecular formula is C39H77NO10. The zero-order chi connectivity index (χ0) is 37.0. The molecule has 0 aromatic heterocycles. The van der Waals surface area contributed by atoms with E-state index in [1.807, 2.05) is 0 Å². The normalized spacial score (nSPS) is 23.4. The summed E-state index contributed by atoms with van der Waals surface area (Å²) >= 11 is 0. The van der Waals surface area contributed by atoms with E-state index < -0.39 is 74.2 Å². The maximum Gasteiger partial charge on any atom is 0.249 e. The molecule has 11 nitrogen and oxygen atoms in total. The Morgan fingerprint density at radius 3 is 1.50 bits per heavy atom. The Labute approximate surface area is 303 Å². The number of rotatable bonds is 33. The van der Waals surface area contributed by atoms with Gasteiger partial charge in [-0.15, -0.1) is 0 Å². The van der Waals surface area contributed by atoms with Crippen LogP contribution >= 0.6 is 0 Å². The Hall–Kier alpha value is -0.890. The molecule has 1 aliphatic heterocycles. The fourth-order valence-corrected chi connectivity index (χ4v) is 6.67. The number of carbonyl (C=O) groups is 1. The number of aliphatic hydroxyl groups is 7. The van der Waals surface area contributed by atoms with E-state index in [0.717, 1.165) is 38.5 Å². The molecule has 8 N–H and O–H groups in total. The second kappa shape index (κ2) is 30.6. The molecule has 1 amide bonds. The maximum atomic E-state index is 12.9. The van der Waals surface area contributed by atoms with Crippen molar-refractivity contribution in [2.45, 2.75) is 229 Å². The van der Waals surface area contributed by atoms with E-state index in [1.165, 1.54) is 96.3 Å². The van der Waals surface area contributed by atoms with Gasteiger partial charge in [0.25, 0.3) is 0 Å². The molecule has 0 saturated carbocycles. The molecule has 0 aromatic carbocycles. The Balaban J connectivity index is 2.33. The topological polar surface area (TPSA) is 189 Å². The number of hydrogen-bond acceptors (Lipinski definition) is 10. The molecule has 9 unspecified atom stereocenters. The first-order valence-corrected chi connectivity index (χ1v) is 20.4. The average Bonchev–Trinajstić information content (AvgIpc) is 3.11. The SMILES string of the molecule is CCCCCCCCCCCCCCCCCCCCCC(O)C(=O)NC(COC1OC(CO)C(O)C(O)C1O)C(O)C(O)CCCCCC. The number of unbranched alkanes of at least 4 members (excludes halogenated alkanes) is 21. The summed E-state index contributed by atoms with van der Waals surface area (Å²) in [6.07, 6.45) is 16.7. The number of nitrogens with one attached hydrogen (secondary N) is 1. The fraction of sp³-hybridized carbons (Fsp3) is 0.974. The number of amides is 1. The van der Waals surface area contributed by atoms with Crippen molar-refractivity contribution in [2.75, 3.05) is 13.2 Å². The second-order valence-electron chi connectivity index (χ2n) is 14.7. The Bertz CT molecular complexity index is 790. The van der Waals surface area contributed by atoms with Crippen molar-refractivity contribution in [1.29, 1.82) is 0 Å². The minimum Gasteiger partial charge on any atom is -0.394 e. The molecule has 1 fully saturated rings. The minimum atomic E-state index is -1.65. The molecule has 0 spiro atoms. The predicted molar refractivity (Wildman–Crippen MR) is 196 cm³/mol. The summed E-state index contributed by atoms with van der Waals surface area (Å²) in [6.45, 7) is 3.28. The lowest BCUT2D eigenvalue weighted by Gasteiger charge is -2.40. The van der Waals surface area contributed by atoms with Gasteiger partial charge in [0, 0.05) is 0 Å². The average molecular weight is 720 g/mol. The van der Waals surface area contributed by atoms with Crippen LogP contribution in [0.15, 0.2) is 0 Å². The van der Waals surface area contributed by atoms with Crippen molar-refractivity contribution in [3.05, 3.63) is 0 Å². The van der Waals surface area contributed by atoms with Gasteiger partial charge in [-0.25, -0.2) is 0 Å². The quantitative estimate of drug-likeness (QED) is 0.0421. The molecule has 9 atom stereocenters. The van der Waals surface area contributed by atoms with Crippen LogP contribution in [0.1, 0.15) is 174 Å². The van der Waals surface area contributed by atoms with Crippen molar-refractivity contribution in [2.24, 2.45) is 0 Å². The van der Waals surface area contributed by atoms with Crippen molar-refractivity contribution >= 4 is 5.91 Å². The van der Waals surface area contributed by atoms with Gasteiger partial charge in [0.1, 0.15) is 36.6 Å². The highest BCUT2D eigenvalue weighted by molar-refractivity contribution is 5.80. The zero-order valence-electron chi connectivity index (χ0n) is 31.6. The summed E-state index contributed by atoms with van der Waals surface area (Å²) in [5, 5.41) is 74.6. The van der Waals surface area contributed by atoms with E-state index in [9.17, 15) is 40.5 Å². The number of carbonyl (C=O) groups excluding carboxylic acids is 1. The summed E-state index contributed by atoms with van der Waals surface area (Å²) in [6, 6.07) is -1.16. The van der Waals surface area contributed by atoms with Crippen LogP contribution in [-0.4, -0.2) is 110 Å². The van der Waals surface area contributed by atoms with Crippen LogP contribution in [-0.2, 0) is 14.3 Å². The number of ether oxygens (including phenoxy) is 2. The van der Waals surface area contributed by atoms with Gasteiger partial charge in [0.05, 0.1) is 25.4 Å². The molecule has 1 rings (SSSR count). The highest BCUT2D eigenvalue weighted by Crippen LogP contribution is 2.23. The molecule has 1 saturated heterocycles. The third-order valence-electron chi connectivity index (χ3n) is 10.2. The van der Waals surface area contributed by atoms with Crippen LogP contribution in [0.3, 0.4) is 0 Å². The molecule has 50 heavy (non-hydrogen) atoms. The lowest BCUT2D eigenvalue weighted by atomic mass is 9.98. The molecule has 1 heterocycles. The number of aliphatic hydroxyl groups excluding tert-OH is 7. The zero-order valence-corrected chi connectivity index (χ0v) is 31.6. The van der Waals surface area contributed by atoms with Crippen LogP contribution in [0.4, 0.5) is 0 Å². The summed E-state index contributed by atoms with van der Waals surface area (Å²) in [4.78, 5) is 12.9. The van der Waals surface area contributed by atoms with Gasteiger partial charge in [0.2, 0.25) is 5.91 Å². The van der Waals surface area contributed by atoms with Crippen LogP contribution < -0.4 is 5.32 Å². The molecule has 0 radical (unpaired) electrons. The highest BCUT2D eigenvalue weighted by Gasteiger charge is 2.44.